The fraction of sp³-hybridized carbons (Fsp3) is 0.207. The Balaban J connectivity index is 1.48. The highest BCUT2D eigenvalue weighted by Gasteiger charge is 2.41. The number of pyridine rings is 1. The van der Waals surface area contributed by atoms with E-state index in [1.807, 2.05) is 54.3 Å². The number of carbonyl (C=O) groups excluding carboxylic acids is 1. The molecule has 6 nitrogen and oxygen atoms in total. The van der Waals surface area contributed by atoms with E-state index in [-0.39, 0.29) is 30.1 Å². The Morgan fingerprint density at radius 2 is 1.84 bits per heavy atom. The average molecular weight is 548 g/mol. The van der Waals surface area contributed by atoms with Gasteiger partial charge in [0.2, 0.25) is 5.91 Å². The number of halogens is 2. The molecule has 1 amide bonds. The Morgan fingerprint density at radius 3 is 2.58 bits per heavy atom. The minimum atomic E-state index is -0.473. The number of para-hydroxylation sites is 2. The standard InChI is InChI=1S/C29H27ClFN5OS/c1-18-17-20(19(2)36(18)25-13-6-3-9-21(25)30)28-27(24-12-7-8-15-32-24)34-29(38)35(28)16-14-26(37)33-23-11-5-4-10-22(23)31/h3-13,15,17,27-28H,14,16H2,1-2H3,(H,33,37)(H,34,38). The van der Waals surface area contributed by atoms with Gasteiger partial charge in [-0.2, -0.15) is 0 Å². The molecule has 2 aromatic heterocycles. The number of aryl methyl sites for hydroxylation is 1. The van der Waals surface area contributed by atoms with Gasteiger partial charge in [0, 0.05) is 30.6 Å². The van der Waals surface area contributed by atoms with Gasteiger partial charge in [-0.25, -0.2) is 4.39 Å². The van der Waals surface area contributed by atoms with E-state index in [2.05, 4.69) is 33.2 Å². The lowest BCUT2D eigenvalue weighted by Crippen LogP contribution is -2.33. The Labute approximate surface area is 231 Å². The fourth-order valence-electron chi connectivity index (χ4n) is 5.07. The SMILES string of the molecule is Cc1cc(C2C(c3ccccn3)NC(=S)N2CCC(=O)Nc2ccccc2F)c(C)n1-c1ccccc1Cl. The molecule has 0 saturated carbocycles. The highest BCUT2D eigenvalue weighted by atomic mass is 35.5. The lowest BCUT2D eigenvalue weighted by Gasteiger charge is -2.28. The van der Waals surface area contributed by atoms with Crippen LogP contribution in [0.4, 0.5) is 10.1 Å². The summed E-state index contributed by atoms with van der Waals surface area (Å²) in [7, 11) is 0. The van der Waals surface area contributed by atoms with Crippen LogP contribution in [0.15, 0.2) is 79.0 Å². The molecule has 2 unspecified atom stereocenters. The topological polar surface area (TPSA) is 62.2 Å². The van der Waals surface area contributed by atoms with Crippen LogP contribution < -0.4 is 10.6 Å². The van der Waals surface area contributed by atoms with E-state index >= 15 is 0 Å². The number of rotatable bonds is 7. The second kappa shape index (κ2) is 10.9. The van der Waals surface area contributed by atoms with E-state index < -0.39 is 5.82 Å². The van der Waals surface area contributed by atoms with Crippen LogP contribution in [0.1, 0.15) is 41.1 Å². The Bertz CT molecular complexity index is 1490. The van der Waals surface area contributed by atoms with Crippen LogP contribution in [-0.4, -0.2) is 32.0 Å². The van der Waals surface area contributed by atoms with E-state index in [1.165, 1.54) is 6.07 Å². The molecule has 0 bridgehead atoms. The maximum atomic E-state index is 14.1. The van der Waals surface area contributed by atoms with Crippen LogP contribution in [0, 0.1) is 19.7 Å². The first-order valence-corrected chi connectivity index (χ1v) is 13.1. The third kappa shape index (κ3) is 5.01. The summed E-state index contributed by atoms with van der Waals surface area (Å²) in [5.41, 5.74) is 5.01. The number of benzene rings is 2. The van der Waals surface area contributed by atoms with Crippen LogP contribution >= 0.6 is 23.8 Å². The lowest BCUT2D eigenvalue weighted by molar-refractivity contribution is -0.116. The summed E-state index contributed by atoms with van der Waals surface area (Å²) in [6, 6.07) is 21.3. The Morgan fingerprint density at radius 1 is 1.11 bits per heavy atom. The summed E-state index contributed by atoms with van der Waals surface area (Å²) in [6.45, 7) is 4.45. The summed E-state index contributed by atoms with van der Waals surface area (Å²) in [4.78, 5) is 19.4. The number of thiocarbonyl (C=S) groups is 1. The van der Waals surface area contributed by atoms with Crippen molar-refractivity contribution in [2.24, 2.45) is 0 Å². The van der Waals surface area contributed by atoms with Crippen molar-refractivity contribution in [2.45, 2.75) is 32.4 Å². The number of hydrogen-bond acceptors (Lipinski definition) is 3. The molecule has 2 atom stereocenters. The van der Waals surface area contributed by atoms with Crippen molar-refractivity contribution in [2.75, 3.05) is 11.9 Å². The third-order valence-corrected chi connectivity index (χ3v) is 7.48. The molecular weight excluding hydrogens is 521 g/mol. The van der Waals surface area contributed by atoms with Crippen molar-refractivity contribution in [1.82, 2.24) is 19.8 Å². The van der Waals surface area contributed by atoms with Gasteiger partial charge >= 0.3 is 0 Å². The van der Waals surface area contributed by atoms with E-state index in [9.17, 15) is 9.18 Å². The smallest absolute Gasteiger partial charge is 0.226 e. The van der Waals surface area contributed by atoms with Gasteiger partial charge in [0.05, 0.1) is 34.2 Å². The van der Waals surface area contributed by atoms with Gasteiger partial charge in [0.1, 0.15) is 5.82 Å². The molecular formula is C29H27ClFN5OS. The fourth-order valence-corrected chi connectivity index (χ4v) is 5.63. The van der Waals surface area contributed by atoms with Crippen LogP contribution in [0.3, 0.4) is 0 Å². The van der Waals surface area contributed by atoms with Gasteiger partial charge in [0.25, 0.3) is 0 Å². The quantitative estimate of drug-likeness (QED) is 0.267. The van der Waals surface area contributed by atoms with Gasteiger partial charge < -0.3 is 20.1 Å². The molecule has 0 aliphatic carbocycles. The summed E-state index contributed by atoms with van der Waals surface area (Å²) < 4.78 is 16.2. The Kier molecular flexibility index (Phi) is 7.44. The number of amides is 1. The molecule has 38 heavy (non-hydrogen) atoms. The highest BCUT2D eigenvalue weighted by molar-refractivity contribution is 7.80. The predicted octanol–water partition coefficient (Wildman–Crippen LogP) is 6.28. The monoisotopic (exact) mass is 547 g/mol. The normalized spacial score (nSPS) is 16.9. The molecule has 1 fully saturated rings. The minimum absolute atomic E-state index is 0.130. The van der Waals surface area contributed by atoms with Gasteiger partial charge in [-0.05, 0) is 74.1 Å². The molecule has 1 aliphatic heterocycles. The highest BCUT2D eigenvalue weighted by Crippen LogP contribution is 2.42. The molecule has 1 saturated heterocycles. The number of aromatic nitrogens is 2. The zero-order chi connectivity index (χ0) is 26.8. The predicted molar refractivity (Wildman–Crippen MR) is 152 cm³/mol. The molecule has 0 spiro atoms. The molecule has 1 aliphatic rings. The van der Waals surface area contributed by atoms with Crippen LogP contribution in [-0.2, 0) is 4.79 Å². The van der Waals surface area contributed by atoms with Crippen molar-refractivity contribution < 1.29 is 9.18 Å². The molecule has 0 radical (unpaired) electrons. The minimum Gasteiger partial charge on any atom is -0.352 e. The maximum Gasteiger partial charge on any atom is 0.226 e. The molecule has 3 heterocycles. The van der Waals surface area contributed by atoms with E-state index in [1.54, 1.807) is 24.4 Å². The molecule has 2 aromatic carbocycles. The van der Waals surface area contributed by atoms with Crippen LogP contribution in [0.5, 0.6) is 0 Å². The summed E-state index contributed by atoms with van der Waals surface area (Å²) in [5.74, 6) is -0.765. The Hall–Kier alpha value is -3.75. The van der Waals surface area contributed by atoms with Gasteiger partial charge in [0.15, 0.2) is 5.11 Å². The average Bonchev–Trinajstić information content (AvgIpc) is 3.39. The summed E-state index contributed by atoms with van der Waals surface area (Å²) in [6.07, 6.45) is 1.89. The van der Waals surface area contributed by atoms with E-state index in [0.29, 0.717) is 16.7 Å². The molecule has 9 heteroatoms. The first kappa shape index (κ1) is 25.9. The van der Waals surface area contributed by atoms with Crippen molar-refractivity contribution in [3.8, 4) is 5.69 Å². The van der Waals surface area contributed by atoms with Gasteiger partial charge in [-0.15, -0.1) is 0 Å². The van der Waals surface area contributed by atoms with Crippen molar-refractivity contribution in [1.29, 1.82) is 0 Å². The van der Waals surface area contributed by atoms with E-state index in [4.69, 9.17) is 23.8 Å². The molecule has 5 rings (SSSR count). The van der Waals surface area contributed by atoms with Gasteiger partial charge in [-0.3, -0.25) is 9.78 Å². The number of nitrogens with one attached hydrogen (secondary N) is 2. The van der Waals surface area contributed by atoms with Crippen molar-refractivity contribution in [3.63, 3.8) is 0 Å². The summed E-state index contributed by atoms with van der Waals surface area (Å²) in [5, 5.41) is 7.28. The summed E-state index contributed by atoms with van der Waals surface area (Å²) >= 11 is 12.3. The zero-order valence-electron chi connectivity index (χ0n) is 21.0. The molecule has 4 aromatic rings. The largest absolute Gasteiger partial charge is 0.352 e. The first-order valence-electron chi connectivity index (χ1n) is 12.3. The third-order valence-electron chi connectivity index (χ3n) is 6.81. The number of carbonyl (C=O) groups is 1. The lowest BCUT2D eigenvalue weighted by atomic mass is 9.96. The molecule has 2 N–H and O–H groups in total. The molecule has 194 valence electrons. The maximum absolute atomic E-state index is 14.1. The van der Waals surface area contributed by atoms with E-state index in [0.717, 1.165) is 28.3 Å². The second-order valence-corrected chi connectivity index (χ2v) is 10.0. The van der Waals surface area contributed by atoms with Crippen molar-refractivity contribution >= 4 is 40.5 Å². The first-order chi connectivity index (χ1) is 18.3. The van der Waals surface area contributed by atoms with Crippen molar-refractivity contribution in [3.05, 3.63) is 112 Å². The number of hydrogen-bond donors (Lipinski definition) is 2. The number of anilines is 1. The van der Waals surface area contributed by atoms with Crippen LogP contribution in [0.25, 0.3) is 5.69 Å². The number of nitrogens with zero attached hydrogens (tertiary/aromatic N) is 3. The second-order valence-electron chi connectivity index (χ2n) is 9.21. The van der Waals surface area contributed by atoms with Crippen LogP contribution in [0.2, 0.25) is 5.02 Å². The van der Waals surface area contributed by atoms with Gasteiger partial charge in [-0.1, -0.05) is 41.9 Å². The zero-order valence-corrected chi connectivity index (χ0v) is 22.6.